The Morgan fingerprint density at radius 2 is 2.12 bits per heavy atom. The predicted molar refractivity (Wildman–Crippen MR) is 57.8 cm³/mol. The number of nitrogens with zero attached hydrogens (tertiary/aromatic N) is 1. The number of likely N-dealkylation sites (tertiary alicyclic amines) is 1. The minimum atomic E-state index is -0.764. The van der Waals surface area contributed by atoms with Crippen LogP contribution >= 0.6 is 0 Å². The molecule has 0 saturated carbocycles. The number of nitrogens with one attached hydrogen (secondary N) is 1. The van der Waals surface area contributed by atoms with E-state index in [1.165, 1.54) is 0 Å². The minimum absolute atomic E-state index is 0.112. The van der Waals surface area contributed by atoms with Gasteiger partial charge in [-0.3, -0.25) is 9.59 Å². The first-order valence-corrected chi connectivity index (χ1v) is 5.82. The smallest absolute Gasteiger partial charge is 0.306 e. The predicted octanol–water partition coefficient (Wildman–Crippen LogP) is -0.225. The maximum absolute atomic E-state index is 11.9. The van der Waals surface area contributed by atoms with Gasteiger partial charge in [0.25, 0.3) is 0 Å². The van der Waals surface area contributed by atoms with Crippen LogP contribution in [-0.4, -0.2) is 48.1 Å². The summed E-state index contributed by atoms with van der Waals surface area (Å²) in [6.07, 6.45) is 0.911. The fraction of sp³-hybridized carbons (Fsp3) is 0.818. The van der Waals surface area contributed by atoms with Gasteiger partial charge in [-0.05, 0) is 13.0 Å². The van der Waals surface area contributed by atoms with Crippen LogP contribution in [0.4, 0.5) is 0 Å². The normalized spacial score (nSPS) is 27.6. The van der Waals surface area contributed by atoms with E-state index in [0.29, 0.717) is 13.1 Å². The number of carbonyl (C=O) groups excluding carboxylic acids is 1. The second-order valence-electron chi connectivity index (χ2n) is 4.82. The number of amides is 1. The van der Waals surface area contributed by atoms with Crippen molar-refractivity contribution in [1.82, 2.24) is 10.2 Å². The van der Waals surface area contributed by atoms with Crippen molar-refractivity contribution in [2.75, 3.05) is 26.2 Å². The Morgan fingerprint density at radius 3 is 2.62 bits per heavy atom. The van der Waals surface area contributed by atoms with Gasteiger partial charge in [0.2, 0.25) is 5.91 Å². The van der Waals surface area contributed by atoms with Gasteiger partial charge in [-0.2, -0.15) is 0 Å². The molecule has 2 aliphatic rings. The summed E-state index contributed by atoms with van der Waals surface area (Å²) in [7, 11) is 0. The second kappa shape index (κ2) is 4.41. The molecule has 0 bridgehead atoms. The monoisotopic (exact) mass is 226 g/mol. The Morgan fingerprint density at radius 1 is 1.44 bits per heavy atom. The molecule has 0 aromatic rings. The lowest BCUT2D eigenvalue weighted by Crippen LogP contribution is -2.55. The van der Waals surface area contributed by atoms with Crippen molar-refractivity contribution in [3.63, 3.8) is 0 Å². The van der Waals surface area contributed by atoms with E-state index in [9.17, 15) is 9.59 Å². The molecule has 2 atom stereocenters. The van der Waals surface area contributed by atoms with Gasteiger partial charge in [0, 0.05) is 25.6 Å². The summed E-state index contributed by atoms with van der Waals surface area (Å²) in [5.74, 6) is -0.666. The van der Waals surface area contributed by atoms with Crippen molar-refractivity contribution < 1.29 is 14.7 Å². The minimum Gasteiger partial charge on any atom is -0.481 e. The van der Waals surface area contributed by atoms with Crippen molar-refractivity contribution in [3.05, 3.63) is 0 Å². The summed E-state index contributed by atoms with van der Waals surface area (Å²) in [5.41, 5.74) is 0. The van der Waals surface area contributed by atoms with Gasteiger partial charge < -0.3 is 15.3 Å². The van der Waals surface area contributed by atoms with Crippen LogP contribution < -0.4 is 5.32 Å². The Hall–Kier alpha value is -1.10. The fourth-order valence-electron chi connectivity index (χ4n) is 2.33. The van der Waals surface area contributed by atoms with E-state index in [0.717, 1.165) is 19.5 Å². The quantitative estimate of drug-likeness (QED) is 0.697. The van der Waals surface area contributed by atoms with Crippen LogP contribution in [0.1, 0.15) is 13.3 Å². The molecular formula is C11H18N2O3. The highest BCUT2D eigenvalue weighted by atomic mass is 16.4. The van der Waals surface area contributed by atoms with Crippen molar-refractivity contribution in [1.29, 1.82) is 0 Å². The molecular weight excluding hydrogens is 208 g/mol. The first kappa shape index (κ1) is 11.4. The summed E-state index contributed by atoms with van der Waals surface area (Å²) in [5, 5.41) is 12.0. The van der Waals surface area contributed by atoms with Crippen LogP contribution in [0.2, 0.25) is 0 Å². The Labute approximate surface area is 94.8 Å². The van der Waals surface area contributed by atoms with Crippen LogP contribution in [0.3, 0.4) is 0 Å². The van der Waals surface area contributed by atoms with Crippen molar-refractivity contribution in [2.45, 2.75) is 13.3 Å². The summed E-state index contributed by atoms with van der Waals surface area (Å²) >= 11 is 0. The van der Waals surface area contributed by atoms with E-state index in [-0.39, 0.29) is 23.7 Å². The van der Waals surface area contributed by atoms with Gasteiger partial charge in [-0.25, -0.2) is 0 Å². The summed E-state index contributed by atoms with van der Waals surface area (Å²) < 4.78 is 0. The Balaban J connectivity index is 1.79. The number of carbonyl (C=O) groups is 2. The zero-order valence-corrected chi connectivity index (χ0v) is 9.48. The van der Waals surface area contributed by atoms with Crippen molar-refractivity contribution in [2.24, 2.45) is 17.8 Å². The lowest BCUT2D eigenvalue weighted by Gasteiger charge is -2.42. The van der Waals surface area contributed by atoms with Gasteiger partial charge >= 0.3 is 5.97 Å². The molecule has 2 rings (SSSR count). The second-order valence-corrected chi connectivity index (χ2v) is 4.82. The van der Waals surface area contributed by atoms with Gasteiger partial charge in [-0.15, -0.1) is 0 Å². The van der Waals surface area contributed by atoms with Crippen LogP contribution in [-0.2, 0) is 9.59 Å². The third kappa shape index (κ3) is 2.04. The lowest BCUT2D eigenvalue weighted by molar-refractivity contribution is -0.152. The van der Waals surface area contributed by atoms with E-state index in [2.05, 4.69) is 5.32 Å². The molecule has 90 valence electrons. The van der Waals surface area contributed by atoms with Crippen LogP contribution in [0.5, 0.6) is 0 Å². The summed E-state index contributed by atoms with van der Waals surface area (Å²) in [4.78, 5) is 24.5. The zero-order chi connectivity index (χ0) is 11.7. The largest absolute Gasteiger partial charge is 0.481 e. The van der Waals surface area contributed by atoms with E-state index in [1.54, 1.807) is 11.8 Å². The number of carboxylic acid groups (broad SMARTS) is 1. The Bertz CT molecular complexity index is 294. The number of rotatable bonds is 3. The topological polar surface area (TPSA) is 69.6 Å². The molecule has 0 radical (unpaired) electrons. The molecule has 5 nitrogen and oxygen atoms in total. The van der Waals surface area contributed by atoms with Crippen LogP contribution in [0, 0.1) is 17.8 Å². The molecule has 1 amide bonds. The molecule has 2 fully saturated rings. The molecule has 0 aromatic carbocycles. The molecule has 2 unspecified atom stereocenters. The third-order valence-electron chi connectivity index (χ3n) is 3.73. The van der Waals surface area contributed by atoms with Crippen LogP contribution in [0.25, 0.3) is 0 Å². The van der Waals surface area contributed by atoms with Gasteiger partial charge in [0.05, 0.1) is 11.8 Å². The van der Waals surface area contributed by atoms with E-state index >= 15 is 0 Å². The zero-order valence-electron chi connectivity index (χ0n) is 9.48. The Kier molecular flexibility index (Phi) is 3.14. The van der Waals surface area contributed by atoms with Crippen molar-refractivity contribution >= 4 is 11.9 Å². The molecule has 2 N–H and O–H groups in total. The molecule has 2 heterocycles. The van der Waals surface area contributed by atoms with Gasteiger partial charge in [0.15, 0.2) is 0 Å². The summed E-state index contributed by atoms with van der Waals surface area (Å²) in [6.45, 7) is 4.63. The number of hydrogen-bond donors (Lipinski definition) is 2. The lowest BCUT2D eigenvalue weighted by atomic mass is 9.86. The van der Waals surface area contributed by atoms with E-state index in [1.807, 2.05) is 0 Å². The summed E-state index contributed by atoms with van der Waals surface area (Å²) in [6, 6.07) is 0. The fourth-order valence-corrected chi connectivity index (χ4v) is 2.33. The molecule has 5 heteroatoms. The maximum atomic E-state index is 11.9. The molecule has 2 saturated heterocycles. The van der Waals surface area contributed by atoms with Gasteiger partial charge in [-0.1, -0.05) is 6.92 Å². The average Bonchev–Trinajstić information content (AvgIpc) is 2.67. The van der Waals surface area contributed by atoms with E-state index in [4.69, 9.17) is 5.11 Å². The maximum Gasteiger partial charge on any atom is 0.306 e. The SMILES string of the molecule is CC(C(=O)O)C1CN(C(=O)C2CCNC2)C1. The van der Waals surface area contributed by atoms with Crippen molar-refractivity contribution in [3.8, 4) is 0 Å². The first-order chi connectivity index (χ1) is 7.59. The number of hydrogen-bond acceptors (Lipinski definition) is 3. The standard InChI is InChI=1S/C11H18N2O3/c1-7(11(15)16)9-5-13(6-9)10(14)8-2-3-12-4-8/h7-9,12H,2-6H2,1H3,(H,15,16). The highest BCUT2D eigenvalue weighted by Crippen LogP contribution is 2.26. The average molecular weight is 226 g/mol. The first-order valence-electron chi connectivity index (χ1n) is 5.82. The molecule has 2 aliphatic heterocycles. The van der Waals surface area contributed by atoms with Crippen LogP contribution in [0.15, 0.2) is 0 Å². The molecule has 0 aliphatic carbocycles. The highest BCUT2D eigenvalue weighted by Gasteiger charge is 2.39. The van der Waals surface area contributed by atoms with Gasteiger partial charge in [0.1, 0.15) is 0 Å². The molecule has 0 aromatic heterocycles. The molecule has 16 heavy (non-hydrogen) atoms. The van der Waals surface area contributed by atoms with E-state index < -0.39 is 5.97 Å². The molecule has 0 spiro atoms. The number of aliphatic carboxylic acids is 1. The highest BCUT2D eigenvalue weighted by molar-refractivity contribution is 5.80. The third-order valence-corrected chi connectivity index (χ3v) is 3.73. The number of carboxylic acids is 1.